The molecular weight excluding hydrogens is 520 g/mol. The summed E-state index contributed by atoms with van der Waals surface area (Å²) in [5, 5.41) is 13.4. The van der Waals surface area contributed by atoms with Gasteiger partial charge in [-0.05, 0) is 34.3 Å². The summed E-state index contributed by atoms with van der Waals surface area (Å²) in [6.45, 7) is 8.95. The Morgan fingerprint density at radius 2 is 1.68 bits per heavy atom. The minimum atomic E-state index is -2.90. The van der Waals surface area contributed by atoms with E-state index in [0.717, 1.165) is 36.1 Å². The molecule has 2 fully saturated rings. The normalized spacial score (nSPS) is 26.6. The number of ether oxygens (including phenoxy) is 2. The van der Waals surface area contributed by atoms with Crippen molar-refractivity contribution in [2.45, 2.75) is 77.0 Å². The van der Waals surface area contributed by atoms with Crippen LogP contribution >= 0.6 is 0 Å². The number of allylic oxidation sites excluding steroid dienone is 1. The molecule has 0 aromatic heterocycles. The van der Waals surface area contributed by atoms with Crippen LogP contribution < -0.4 is 10.4 Å². The first-order chi connectivity index (χ1) is 19.1. The summed E-state index contributed by atoms with van der Waals surface area (Å²) in [6.07, 6.45) is 6.52. The Hall–Kier alpha value is -2.74. The fourth-order valence-corrected chi connectivity index (χ4v) is 11.4. The van der Waals surface area contributed by atoms with Gasteiger partial charge in [0.2, 0.25) is 0 Å². The molecule has 0 radical (unpaired) electrons. The predicted octanol–water partition coefficient (Wildman–Crippen LogP) is 4.78. The average Bonchev–Trinajstić information content (AvgIpc) is 3.39. The number of aliphatic hydroxyl groups excluding tert-OH is 1. The number of unbranched alkanes of at least 4 members (excludes halogenated alkanes) is 3. The van der Waals surface area contributed by atoms with Crippen molar-refractivity contribution in [3.05, 3.63) is 72.8 Å². The molecular formula is C33H44O6Si. The quantitative estimate of drug-likeness (QED) is 0.139. The van der Waals surface area contributed by atoms with Crippen LogP contribution in [-0.2, 0) is 23.5 Å². The van der Waals surface area contributed by atoms with E-state index in [1.165, 1.54) is 7.11 Å². The SMILES string of the molecule is CCCCC/C=C/[C@@H]1OC(=O)[C@@]2(C(=O)OC)C[C@H](O)[C@H](CO[Si](c3ccccc3)(c3ccccc3)C(C)(C)C)[C@@H]12. The maximum absolute atomic E-state index is 13.3. The first-order valence-electron chi connectivity index (χ1n) is 14.5. The number of fused-ring (bicyclic) bond motifs is 1. The third-order valence-corrected chi connectivity index (χ3v) is 13.8. The smallest absolute Gasteiger partial charge is 0.324 e. The number of rotatable bonds is 11. The van der Waals surface area contributed by atoms with Crippen LogP contribution in [0.15, 0.2) is 72.8 Å². The molecule has 0 unspecified atom stereocenters. The molecule has 6 nitrogen and oxygen atoms in total. The number of methoxy groups -OCH3 is 1. The molecule has 1 saturated heterocycles. The second kappa shape index (κ2) is 12.4. The Labute approximate surface area is 239 Å². The zero-order chi connectivity index (χ0) is 29.0. The van der Waals surface area contributed by atoms with E-state index in [1.807, 2.05) is 48.6 Å². The largest absolute Gasteiger partial charge is 0.468 e. The van der Waals surface area contributed by atoms with Crippen LogP contribution in [-0.4, -0.2) is 51.3 Å². The summed E-state index contributed by atoms with van der Waals surface area (Å²) in [5.41, 5.74) is -1.54. The van der Waals surface area contributed by atoms with Crippen LogP contribution in [0.5, 0.6) is 0 Å². The first-order valence-corrected chi connectivity index (χ1v) is 16.4. The van der Waals surface area contributed by atoms with Gasteiger partial charge in [-0.1, -0.05) is 107 Å². The Kier molecular flexibility index (Phi) is 9.38. The van der Waals surface area contributed by atoms with Crippen molar-refractivity contribution >= 4 is 30.6 Å². The summed E-state index contributed by atoms with van der Waals surface area (Å²) in [6, 6.07) is 20.6. The van der Waals surface area contributed by atoms with Gasteiger partial charge in [0.25, 0.3) is 8.32 Å². The first kappa shape index (κ1) is 30.2. The van der Waals surface area contributed by atoms with Gasteiger partial charge in [-0.3, -0.25) is 9.59 Å². The van der Waals surface area contributed by atoms with Gasteiger partial charge in [-0.2, -0.15) is 0 Å². The van der Waals surface area contributed by atoms with Crippen molar-refractivity contribution in [2.75, 3.05) is 13.7 Å². The molecule has 1 saturated carbocycles. The van der Waals surface area contributed by atoms with E-state index in [2.05, 4.69) is 52.0 Å². The van der Waals surface area contributed by atoms with Crippen molar-refractivity contribution < 1.29 is 28.6 Å². The van der Waals surface area contributed by atoms with Crippen molar-refractivity contribution in [2.24, 2.45) is 17.3 Å². The molecule has 1 N–H and O–H groups in total. The lowest BCUT2D eigenvalue weighted by atomic mass is 9.74. The fraction of sp³-hybridized carbons (Fsp3) is 0.515. The lowest BCUT2D eigenvalue weighted by Gasteiger charge is -2.44. The molecule has 1 heterocycles. The van der Waals surface area contributed by atoms with E-state index in [0.29, 0.717) is 0 Å². The topological polar surface area (TPSA) is 82.1 Å². The van der Waals surface area contributed by atoms with Crippen LogP contribution in [0, 0.1) is 17.3 Å². The molecule has 4 rings (SSSR count). The second-order valence-corrected chi connectivity index (χ2v) is 16.5. The number of carbonyl (C=O) groups excluding carboxylic acids is 2. The van der Waals surface area contributed by atoms with Crippen molar-refractivity contribution in [3.63, 3.8) is 0 Å². The maximum Gasteiger partial charge on any atom is 0.324 e. The van der Waals surface area contributed by atoms with E-state index < -0.39 is 49.7 Å². The number of carbonyl (C=O) groups is 2. The maximum atomic E-state index is 13.3. The van der Waals surface area contributed by atoms with Crippen LogP contribution in [0.1, 0.15) is 59.8 Å². The second-order valence-electron chi connectivity index (χ2n) is 12.2. The van der Waals surface area contributed by atoms with E-state index in [1.54, 1.807) is 0 Å². The van der Waals surface area contributed by atoms with Crippen molar-refractivity contribution in [1.29, 1.82) is 0 Å². The van der Waals surface area contributed by atoms with Gasteiger partial charge in [-0.15, -0.1) is 0 Å². The fourth-order valence-electron chi connectivity index (χ4n) is 6.85. The van der Waals surface area contributed by atoms with Gasteiger partial charge in [0.1, 0.15) is 6.10 Å². The number of benzene rings is 2. The number of esters is 2. The third-order valence-electron chi connectivity index (χ3n) is 8.78. The highest BCUT2D eigenvalue weighted by atomic mass is 28.4. The highest BCUT2D eigenvalue weighted by Gasteiger charge is 2.70. The molecule has 0 spiro atoms. The van der Waals surface area contributed by atoms with Gasteiger partial charge >= 0.3 is 11.9 Å². The molecule has 7 heteroatoms. The molecule has 1 aliphatic heterocycles. The molecule has 5 atom stereocenters. The summed E-state index contributed by atoms with van der Waals surface area (Å²) in [7, 11) is -1.62. The number of aliphatic hydroxyl groups is 1. The zero-order valence-electron chi connectivity index (χ0n) is 24.5. The third kappa shape index (κ3) is 5.31. The predicted molar refractivity (Wildman–Crippen MR) is 159 cm³/mol. The molecule has 1 aliphatic carbocycles. The minimum absolute atomic E-state index is 0.0296. The van der Waals surface area contributed by atoms with E-state index >= 15 is 0 Å². The highest BCUT2D eigenvalue weighted by molar-refractivity contribution is 6.99. The Balaban J connectivity index is 1.74. The lowest BCUT2D eigenvalue weighted by Crippen LogP contribution is -2.67. The monoisotopic (exact) mass is 564 g/mol. The van der Waals surface area contributed by atoms with Gasteiger partial charge in [0.05, 0.1) is 13.2 Å². The van der Waals surface area contributed by atoms with Crippen LogP contribution in [0.4, 0.5) is 0 Å². The van der Waals surface area contributed by atoms with Gasteiger partial charge in [0, 0.05) is 24.9 Å². The Morgan fingerprint density at radius 1 is 1.07 bits per heavy atom. The summed E-state index contributed by atoms with van der Waals surface area (Å²) >= 11 is 0. The van der Waals surface area contributed by atoms with Crippen molar-refractivity contribution in [3.8, 4) is 0 Å². The zero-order valence-corrected chi connectivity index (χ0v) is 25.5. The van der Waals surface area contributed by atoms with Gasteiger partial charge in [-0.25, -0.2) is 0 Å². The van der Waals surface area contributed by atoms with Gasteiger partial charge < -0.3 is 19.0 Å². The number of hydrogen-bond acceptors (Lipinski definition) is 6. The Bertz CT molecular complexity index is 1130. The lowest BCUT2D eigenvalue weighted by molar-refractivity contribution is -0.164. The Morgan fingerprint density at radius 3 is 2.20 bits per heavy atom. The minimum Gasteiger partial charge on any atom is -0.468 e. The van der Waals surface area contributed by atoms with Crippen LogP contribution in [0.25, 0.3) is 0 Å². The van der Waals surface area contributed by atoms with Crippen molar-refractivity contribution in [1.82, 2.24) is 0 Å². The van der Waals surface area contributed by atoms with Gasteiger partial charge in [0.15, 0.2) is 5.41 Å². The molecule has 2 aromatic rings. The van der Waals surface area contributed by atoms with E-state index in [4.69, 9.17) is 13.9 Å². The molecule has 40 heavy (non-hydrogen) atoms. The summed E-state index contributed by atoms with van der Waals surface area (Å²) in [4.78, 5) is 26.5. The number of cyclic esters (lactones) is 1. The van der Waals surface area contributed by atoms with E-state index in [-0.39, 0.29) is 18.1 Å². The summed E-state index contributed by atoms with van der Waals surface area (Å²) < 4.78 is 18.1. The van der Waals surface area contributed by atoms with Crippen LogP contribution in [0.2, 0.25) is 5.04 Å². The molecule has 0 amide bonds. The molecule has 2 aliphatic rings. The number of hydrogen-bond donors (Lipinski definition) is 1. The van der Waals surface area contributed by atoms with E-state index in [9.17, 15) is 14.7 Å². The summed E-state index contributed by atoms with van der Waals surface area (Å²) in [5.74, 6) is -2.32. The molecule has 216 valence electrons. The average molecular weight is 565 g/mol. The molecule has 0 bridgehead atoms. The van der Waals surface area contributed by atoms with Crippen LogP contribution in [0.3, 0.4) is 0 Å². The molecule has 2 aromatic carbocycles. The highest BCUT2D eigenvalue weighted by Crippen LogP contribution is 2.56. The standard InChI is InChI=1S/C33H44O6Si/c1-6-7-8-9-16-21-28-29-26(27(34)22-33(29,30(35)37-5)31(36)39-28)23-38-40(32(2,3)4,24-17-12-10-13-18-24)25-19-14-11-15-20-25/h10-21,26-29,34H,6-9,22-23H2,1-5H3/b21-16+/t26-,27-,28-,29-,33-/m0/s1.